The summed E-state index contributed by atoms with van der Waals surface area (Å²) < 4.78 is 0. The van der Waals surface area contributed by atoms with E-state index in [-0.39, 0.29) is 5.41 Å². The Morgan fingerprint density at radius 2 is 1.94 bits per heavy atom. The number of rotatable bonds is 3. The molecule has 2 rings (SSSR count). The van der Waals surface area contributed by atoms with Crippen LogP contribution < -0.4 is 5.73 Å². The number of halogens is 2. The molecule has 0 spiro atoms. The highest BCUT2D eigenvalue weighted by Gasteiger charge is 2.33. The topological polar surface area (TPSA) is 26.0 Å². The highest BCUT2D eigenvalue weighted by molar-refractivity contribution is 6.33. The zero-order chi connectivity index (χ0) is 13.2. The summed E-state index contributed by atoms with van der Waals surface area (Å²) >= 11 is 12.3. The number of benzene rings is 1. The van der Waals surface area contributed by atoms with Crippen LogP contribution in [0.3, 0.4) is 0 Å². The van der Waals surface area contributed by atoms with Gasteiger partial charge in [0.15, 0.2) is 0 Å². The quantitative estimate of drug-likeness (QED) is 0.857. The van der Waals surface area contributed by atoms with Crippen molar-refractivity contribution in [1.29, 1.82) is 0 Å². The van der Waals surface area contributed by atoms with E-state index in [1.54, 1.807) is 0 Å². The van der Waals surface area contributed by atoms with Crippen molar-refractivity contribution in [3.05, 3.63) is 33.8 Å². The SMILES string of the molecule is CC1CCC(CN)(Cc2cc(Cl)ccc2Cl)CC1. The number of hydrogen-bond acceptors (Lipinski definition) is 1. The van der Waals surface area contributed by atoms with Crippen molar-refractivity contribution in [2.45, 2.75) is 39.0 Å². The third kappa shape index (κ3) is 3.20. The predicted octanol–water partition coefficient (Wildman–Crippen LogP) is 4.69. The summed E-state index contributed by atoms with van der Waals surface area (Å²) in [5.74, 6) is 0.833. The van der Waals surface area contributed by atoms with Gasteiger partial charge in [0.05, 0.1) is 0 Å². The second-order valence-electron chi connectivity index (χ2n) is 5.80. The lowest BCUT2D eigenvalue weighted by Gasteiger charge is -2.39. The molecule has 1 aliphatic rings. The van der Waals surface area contributed by atoms with E-state index in [4.69, 9.17) is 28.9 Å². The zero-order valence-electron chi connectivity index (χ0n) is 10.9. The first-order valence-corrected chi connectivity index (χ1v) is 7.44. The first-order chi connectivity index (χ1) is 8.54. The van der Waals surface area contributed by atoms with Crippen molar-refractivity contribution >= 4 is 23.2 Å². The Morgan fingerprint density at radius 1 is 1.28 bits per heavy atom. The van der Waals surface area contributed by atoms with Crippen molar-refractivity contribution < 1.29 is 0 Å². The van der Waals surface area contributed by atoms with E-state index >= 15 is 0 Å². The van der Waals surface area contributed by atoms with Crippen molar-refractivity contribution in [3.8, 4) is 0 Å². The summed E-state index contributed by atoms with van der Waals surface area (Å²) in [5, 5.41) is 1.57. The molecule has 0 atom stereocenters. The van der Waals surface area contributed by atoms with Crippen LogP contribution in [-0.4, -0.2) is 6.54 Å². The molecular weight excluding hydrogens is 265 g/mol. The lowest BCUT2D eigenvalue weighted by Crippen LogP contribution is -2.36. The Labute approximate surface area is 120 Å². The van der Waals surface area contributed by atoms with Crippen LogP contribution >= 0.6 is 23.2 Å². The minimum atomic E-state index is 0.223. The number of nitrogens with two attached hydrogens (primary N) is 1. The van der Waals surface area contributed by atoms with E-state index in [0.717, 1.165) is 34.5 Å². The van der Waals surface area contributed by atoms with Gasteiger partial charge in [-0.25, -0.2) is 0 Å². The molecular formula is C15H21Cl2N. The summed E-state index contributed by atoms with van der Waals surface area (Å²) in [4.78, 5) is 0. The van der Waals surface area contributed by atoms with Gasteiger partial charge in [-0.1, -0.05) is 43.0 Å². The van der Waals surface area contributed by atoms with Gasteiger partial charge in [0.25, 0.3) is 0 Å². The standard InChI is InChI=1S/C15H21Cl2N/c1-11-4-6-15(10-18,7-5-11)9-12-8-13(16)2-3-14(12)17/h2-3,8,11H,4-7,9-10,18H2,1H3. The smallest absolute Gasteiger partial charge is 0.0439 e. The minimum Gasteiger partial charge on any atom is -0.330 e. The van der Waals surface area contributed by atoms with Crippen LogP contribution in [-0.2, 0) is 6.42 Å². The maximum atomic E-state index is 6.26. The molecule has 0 aliphatic heterocycles. The molecule has 1 aromatic carbocycles. The van der Waals surface area contributed by atoms with E-state index in [1.165, 1.54) is 25.7 Å². The van der Waals surface area contributed by atoms with E-state index in [0.29, 0.717) is 0 Å². The van der Waals surface area contributed by atoms with Crippen LogP contribution in [0.1, 0.15) is 38.2 Å². The fourth-order valence-electron chi connectivity index (χ4n) is 2.91. The molecule has 0 saturated heterocycles. The molecule has 100 valence electrons. The molecule has 0 radical (unpaired) electrons. The maximum absolute atomic E-state index is 6.26. The highest BCUT2D eigenvalue weighted by atomic mass is 35.5. The average Bonchev–Trinajstić information content (AvgIpc) is 2.37. The van der Waals surface area contributed by atoms with Crippen LogP contribution in [0.4, 0.5) is 0 Å². The molecule has 1 fully saturated rings. The Morgan fingerprint density at radius 3 is 2.56 bits per heavy atom. The van der Waals surface area contributed by atoms with Gasteiger partial charge in [-0.3, -0.25) is 0 Å². The second kappa shape index (κ2) is 5.81. The van der Waals surface area contributed by atoms with Gasteiger partial charge in [0, 0.05) is 10.0 Å². The predicted molar refractivity (Wildman–Crippen MR) is 79.3 cm³/mol. The fraction of sp³-hybridized carbons (Fsp3) is 0.600. The first kappa shape index (κ1) is 14.2. The molecule has 18 heavy (non-hydrogen) atoms. The lowest BCUT2D eigenvalue weighted by molar-refractivity contribution is 0.163. The van der Waals surface area contributed by atoms with E-state index in [9.17, 15) is 0 Å². The van der Waals surface area contributed by atoms with Gasteiger partial charge >= 0.3 is 0 Å². The zero-order valence-corrected chi connectivity index (χ0v) is 12.4. The molecule has 2 N–H and O–H groups in total. The van der Waals surface area contributed by atoms with Gasteiger partial charge in [-0.05, 0) is 60.9 Å². The maximum Gasteiger partial charge on any atom is 0.0439 e. The normalized spacial score (nSPS) is 28.3. The van der Waals surface area contributed by atoms with Gasteiger partial charge in [0.2, 0.25) is 0 Å². The van der Waals surface area contributed by atoms with E-state index < -0.39 is 0 Å². The van der Waals surface area contributed by atoms with Gasteiger partial charge in [-0.2, -0.15) is 0 Å². The summed E-state index contributed by atoms with van der Waals surface area (Å²) in [5.41, 5.74) is 7.41. The second-order valence-corrected chi connectivity index (χ2v) is 6.64. The number of hydrogen-bond donors (Lipinski definition) is 1. The first-order valence-electron chi connectivity index (χ1n) is 6.69. The highest BCUT2D eigenvalue weighted by Crippen LogP contribution is 2.41. The molecule has 0 amide bonds. The Kier molecular flexibility index (Phi) is 4.58. The van der Waals surface area contributed by atoms with Crippen LogP contribution in [0.2, 0.25) is 10.0 Å². The fourth-order valence-corrected chi connectivity index (χ4v) is 3.29. The molecule has 1 aromatic rings. The molecule has 0 heterocycles. The summed E-state index contributed by atoms with van der Waals surface area (Å²) in [6, 6.07) is 5.71. The van der Waals surface area contributed by atoms with Crippen molar-refractivity contribution in [3.63, 3.8) is 0 Å². The molecule has 0 bridgehead atoms. The Balaban J connectivity index is 2.17. The Bertz CT molecular complexity index is 409. The monoisotopic (exact) mass is 285 g/mol. The molecule has 3 heteroatoms. The van der Waals surface area contributed by atoms with E-state index in [2.05, 4.69) is 6.92 Å². The molecule has 1 saturated carbocycles. The molecule has 1 nitrogen and oxygen atoms in total. The summed E-state index contributed by atoms with van der Waals surface area (Å²) in [7, 11) is 0. The molecule has 0 unspecified atom stereocenters. The molecule has 1 aliphatic carbocycles. The van der Waals surface area contributed by atoms with Crippen LogP contribution in [0.15, 0.2) is 18.2 Å². The average molecular weight is 286 g/mol. The van der Waals surface area contributed by atoms with Crippen LogP contribution in [0, 0.1) is 11.3 Å². The minimum absolute atomic E-state index is 0.223. The van der Waals surface area contributed by atoms with E-state index in [1.807, 2.05) is 18.2 Å². The van der Waals surface area contributed by atoms with Gasteiger partial charge < -0.3 is 5.73 Å². The van der Waals surface area contributed by atoms with Gasteiger partial charge in [0.1, 0.15) is 0 Å². The third-order valence-electron chi connectivity index (χ3n) is 4.34. The van der Waals surface area contributed by atoms with Crippen LogP contribution in [0.25, 0.3) is 0 Å². The van der Waals surface area contributed by atoms with Gasteiger partial charge in [-0.15, -0.1) is 0 Å². The largest absolute Gasteiger partial charge is 0.330 e. The van der Waals surface area contributed by atoms with Crippen LogP contribution in [0.5, 0.6) is 0 Å². The third-order valence-corrected chi connectivity index (χ3v) is 4.94. The van der Waals surface area contributed by atoms with Crippen molar-refractivity contribution in [2.75, 3.05) is 6.54 Å². The summed E-state index contributed by atoms with van der Waals surface area (Å²) in [6.45, 7) is 3.06. The Hall–Kier alpha value is -0.240. The lowest BCUT2D eigenvalue weighted by atomic mass is 9.68. The van der Waals surface area contributed by atoms with Crippen molar-refractivity contribution in [2.24, 2.45) is 17.1 Å². The summed E-state index contributed by atoms with van der Waals surface area (Å²) in [6.07, 6.45) is 5.90. The molecule has 0 aromatic heterocycles. The van der Waals surface area contributed by atoms with Crippen molar-refractivity contribution in [1.82, 2.24) is 0 Å².